The summed E-state index contributed by atoms with van der Waals surface area (Å²) in [6, 6.07) is 10.6. The summed E-state index contributed by atoms with van der Waals surface area (Å²) in [4.78, 5) is 31.0. The number of nitrogens with zero attached hydrogens (tertiary/aromatic N) is 3. The summed E-state index contributed by atoms with van der Waals surface area (Å²) in [6.07, 6.45) is 9.98. The molecule has 1 saturated carbocycles. The molecule has 0 N–H and O–H groups in total. The highest BCUT2D eigenvalue weighted by molar-refractivity contribution is 5.84. The lowest BCUT2D eigenvalue weighted by Crippen LogP contribution is -2.53. The molecule has 0 atom stereocenters. The van der Waals surface area contributed by atoms with Crippen LogP contribution in [0.1, 0.15) is 44.6 Å². The fourth-order valence-corrected chi connectivity index (χ4v) is 4.22. The first-order valence-electron chi connectivity index (χ1n) is 10.6. The molecule has 1 aliphatic carbocycles. The topological polar surface area (TPSA) is 43.9 Å². The van der Waals surface area contributed by atoms with Gasteiger partial charge in [0.15, 0.2) is 0 Å². The fourth-order valence-electron chi connectivity index (χ4n) is 4.22. The van der Waals surface area contributed by atoms with E-state index in [2.05, 4.69) is 29.2 Å². The molecular formula is C23H33N3O2. The van der Waals surface area contributed by atoms with Crippen molar-refractivity contribution in [3.63, 3.8) is 0 Å². The third kappa shape index (κ3) is 5.93. The van der Waals surface area contributed by atoms with Gasteiger partial charge >= 0.3 is 0 Å². The molecule has 2 fully saturated rings. The Morgan fingerprint density at radius 3 is 2.36 bits per heavy atom. The lowest BCUT2D eigenvalue weighted by Gasteiger charge is -2.37. The zero-order chi connectivity index (χ0) is 19.8. The summed E-state index contributed by atoms with van der Waals surface area (Å²) in [5.41, 5.74) is 1.21. The van der Waals surface area contributed by atoms with Gasteiger partial charge in [-0.3, -0.25) is 14.5 Å². The van der Waals surface area contributed by atoms with Gasteiger partial charge in [-0.2, -0.15) is 0 Å². The number of amides is 2. The van der Waals surface area contributed by atoms with Crippen LogP contribution in [0.5, 0.6) is 0 Å². The lowest BCUT2D eigenvalue weighted by atomic mass is 9.94. The quantitative estimate of drug-likeness (QED) is 0.758. The van der Waals surface area contributed by atoms with Crippen LogP contribution in [0.15, 0.2) is 36.4 Å². The van der Waals surface area contributed by atoms with Gasteiger partial charge in [0.2, 0.25) is 11.8 Å². The van der Waals surface area contributed by atoms with E-state index < -0.39 is 0 Å². The van der Waals surface area contributed by atoms with Crippen molar-refractivity contribution < 1.29 is 9.59 Å². The van der Waals surface area contributed by atoms with E-state index in [9.17, 15) is 9.59 Å². The van der Waals surface area contributed by atoms with Crippen molar-refractivity contribution in [2.24, 2.45) is 0 Å². The Bertz CT molecular complexity index is 660. The maximum Gasteiger partial charge on any atom is 0.242 e. The first-order valence-corrected chi connectivity index (χ1v) is 10.6. The number of hydrogen-bond acceptors (Lipinski definition) is 3. The van der Waals surface area contributed by atoms with Gasteiger partial charge in [0, 0.05) is 45.7 Å². The van der Waals surface area contributed by atoms with Crippen molar-refractivity contribution in [2.45, 2.75) is 45.1 Å². The third-order valence-corrected chi connectivity index (χ3v) is 5.92. The maximum absolute atomic E-state index is 12.8. The van der Waals surface area contributed by atoms with Gasteiger partial charge in [-0.1, -0.05) is 61.7 Å². The normalized spacial score (nSPS) is 19.1. The van der Waals surface area contributed by atoms with E-state index in [0.29, 0.717) is 0 Å². The number of piperazine rings is 1. The molecule has 5 nitrogen and oxygen atoms in total. The smallest absolute Gasteiger partial charge is 0.242 e. The van der Waals surface area contributed by atoms with Crippen LogP contribution in [-0.2, 0) is 9.59 Å². The summed E-state index contributed by atoms with van der Waals surface area (Å²) in [7, 11) is 0. The van der Waals surface area contributed by atoms with Crippen LogP contribution < -0.4 is 0 Å². The molecule has 1 aliphatic heterocycles. The van der Waals surface area contributed by atoms with Crippen LogP contribution >= 0.6 is 0 Å². The van der Waals surface area contributed by atoms with E-state index in [1.54, 1.807) is 6.92 Å². The minimum atomic E-state index is 0.0323. The molecule has 2 amide bonds. The third-order valence-electron chi connectivity index (χ3n) is 5.92. The molecule has 0 spiro atoms. The number of carbonyl (C=O) groups excluding carboxylic acids is 2. The molecule has 0 aromatic heterocycles. The lowest BCUT2D eigenvalue weighted by molar-refractivity contribution is -0.142. The van der Waals surface area contributed by atoms with Crippen molar-refractivity contribution in [1.82, 2.24) is 14.7 Å². The second-order valence-electron chi connectivity index (χ2n) is 7.93. The average Bonchev–Trinajstić information content (AvgIpc) is 2.73. The minimum absolute atomic E-state index is 0.0323. The first-order chi connectivity index (χ1) is 13.6. The summed E-state index contributed by atoms with van der Waals surface area (Å²) < 4.78 is 0. The molecule has 152 valence electrons. The van der Waals surface area contributed by atoms with Crippen LogP contribution in [0.4, 0.5) is 0 Å². The van der Waals surface area contributed by atoms with E-state index in [-0.39, 0.29) is 24.4 Å². The summed E-state index contributed by atoms with van der Waals surface area (Å²) in [5.74, 6) is 0.130. The zero-order valence-corrected chi connectivity index (χ0v) is 17.1. The van der Waals surface area contributed by atoms with E-state index in [4.69, 9.17) is 0 Å². The second-order valence-corrected chi connectivity index (χ2v) is 7.93. The first kappa shape index (κ1) is 20.6. The van der Waals surface area contributed by atoms with Crippen LogP contribution in [-0.4, -0.2) is 71.8 Å². The van der Waals surface area contributed by atoms with Crippen LogP contribution in [0.3, 0.4) is 0 Å². The Balaban J connectivity index is 1.43. The number of hydrogen-bond donors (Lipinski definition) is 0. The van der Waals surface area contributed by atoms with Gasteiger partial charge in [0.1, 0.15) is 0 Å². The molecule has 3 rings (SSSR count). The molecular weight excluding hydrogens is 350 g/mol. The molecule has 1 aromatic rings. The summed E-state index contributed by atoms with van der Waals surface area (Å²) >= 11 is 0. The highest BCUT2D eigenvalue weighted by atomic mass is 16.2. The Labute approximate surface area is 169 Å². The van der Waals surface area contributed by atoms with Crippen molar-refractivity contribution >= 4 is 17.9 Å². The van der Waals surface area contributed by atoms with Crippen LogP contribution in [0, 0.1) is 0 Å². The molecule has 0 unspecified atom stereocenters. The van der Waals surface area contributed by atoms with E-state index >= 15 is 0 Å². The molecule has 1 saturated heterocycles. The van der Waals surface area contributed by atoms with Crippen molar-refractivity contribution in [3.05, 3.63) is 42.0 Å². The molecule has 5 heteroatoms. The molecule has 28 heavy (non-hydrogen) atoms. The zero-order valence-electron chi connectivity index (χ0n) is 17.1. The van der Waals surface area contributed by atoms with E-state index in [1.807, 2.05) is 28.0 Å². The highest BCUT2D eigenvalue weighted by Gasteiger charge is 2.28. The Hall–Kier alpha value is -2.14. The van der Waals surface area contributed by atoms with Gasteiger partial charge in [-0.25, -0.2) is 0 Å². The SMILES string of the molecule is CC(=O)N(CC(=O)N1CCN(C/C=C/c2ccccc2)CC1)C1CCCCC1. The van der Waals surface area contributed by atoms with E-state index in [0.717, 1.165) is 58.4 Å². The Morgan fingerprint density at radius 1 is 1.04 bits per heavy atom. The molecule has 0 radical (unpaired) electrons. The maximum atomic E-state index is 12.8. The minimum Gasteiger partial charge on any atom is -0.339 e. The fraction of sp³-hybridized carbons (Fsp3) is 0.565. The van der Waals surface area contributed by atoms with Gasteiger partial charge in [-0.05, 0) is 18.4 Å². The Kier molecular flexibility index (Phi) is 7.66. The van der Waals surface area contributed by atoms with Gasteiger partial charge in [-0.15, -0.1) is 0 Å². The molecule has 1 aromatic carbocycles. The van der Waals surface area contributed by atoms with Crippen molar-refractivity contribution in [2.75, 3.05) is 39.3 Å². The highest BCUT2D eigenvalue weighted by Crippen LogP contribution is 2.23. The largest absolute Gasteiger partial charge is 0.339 e. The van der Waals surface area contributed by atoms with Gasteiger partial charge < -0.3 is 9.80 Å². The van der Waals surface area contributed by atoms with Gasteiger partial charge in [0.25, 0.3) is 0 Å². The monoisotopic (exact) mass is 383 g/mol. The van der Waals surface area contributed by atoms with Crippen LogP contribution in [0.25, 0.3) is 6.08 Å². The summed E-state index contributed by atoms with van der Waals surface area (Å²) in [5, 5.41) is 0. The standard InChI is InChI=1S/C23H33N3O2/c1-20(27)26(22-12-6-3-7-13-22)19-23(28)25-17-15-24(16-18-25)14-8-11-21-9-4-2-5-10-21/h2,4-5,8-11,22H,3,6-7,12-19H2,1H3/b11-8+. The number of carbonyl (C=O) groups is 2. The molecule has 0 bridgehead atoms. The number of rotatable bonds is 6. The van der Waals surface area contributed by atoms with Crippen LogP contribution in [0.2, 0.25) is 0 Å². The Morgan fingerprint density at radius 2 is 1.71 bits per heavy atom. The van der Waals surface area contributed by atoms with Crippen molar-refractivity contribution in [3.8, 4) is 0 Å². The van der Waals surface area contributed by atoms with Gasteiger partial charge in [0.05, 0.1) is 6.54 Å². The predicted molar refractivity (Wildman–Crippen MR) is 113 cm³/mol. The van der Waals surface area contributed by atoms with Crippen molar-refractivity contribution in [1.29, 1.82) is 0 Å². The van der Waals surface area contributed by atoms with E-state index in [1.165, 1.54) is 12.0 Å². The second kappa shape index (κ2) is 10.4. The number of benzene rings is 1. The molecule has 2 aliphatic rings. The average molecular weight is 384 g/mol. The predicted octanol–water partition coefficient (Wildman–Crippen LogP) is 3.03. The summed E-state index contributed by atoms with van der Waals surface area (Å²) in [6.45, 7) is 6.00. The molecule has 1 heterocycles.